The number of imide groups is 1. The Morgan fingerprint density at radius 1 is 0.938 bits per heavy atom. The number of aromatic nitrogens is 3. The van der Waals surface area contributed by atoms with Gasteiger partial charge in [0.05, 0.1) is 17.5 Å². The molecular formula is C23H17FN4O4. The van der Waals surface area contributed by atoms with Crippen molar-refractivity contribution in [2.24, 2.45) is 0 Å². The number of aromatic hydroxyl groups is 2. The number of phenols is 2. The van der Waals surface area contributed by atoms with E-state index < -0.39 is 23.4 Å². The molecular weight excluding hydrogens is 415 g/mol. The molecule has 0 spiro atoms. The van der Waals surface area contributed by atoms with Gasteiger partial charge in [0, 0.05) is 24.9 Å². The summed E-state index contributed by atoms with van der Waals surface area (Å²) in [5.41, 5.74) is 0.353. The molecule has 32 heavy (non-hydrogen) atoms. The molecule has 0 unspecified atom stereocenters. The van der Waals surface area contributed by atoms with Crippen LogP contribution in [-0.4, -0.2) is 48.7 Å². The van der Waals surface area contributed by atoms with E-state index in [1.807, 2.05) is 0 Å². The van der Waals surface area contributed by atoms with Gasteiger partial charge in [0.1, 0.15) is 28.7 Å². The molecule has 0 atom stereocenters. The van der Waals surface area contributed by atoms with Crippen LogP contribution in [0.1, 0.15) is 20.8 Å². The maximum Gasteiger partial charge on any atom is 0.279 e. The van der Waals surface area contributed by atoms with Gasteiger partial charge >= 0.3 is 0 Å². The van der Waals surface area contributed by atoms with Crippen molar-refractivity contribution in [1.82, 2.24) is 19.7 Å². The molecule has 8 nitrogen and oxygen atoms in total. The van der Waals surface area contributed by atoms with Gasteiger partial charge < -0.3 is 10.2 Å². The van der Waals surface area contributed by atoms with Crippen LogP contribution in [0.2, 0.25) is 0 Å². The van der Waals surface area contributed by atoms with Crippen molar-refractivity contribution in [1.29, 1.82) is 0 Å². The average Bonchev–Trinajstić information content (AvgIpc) is 3.28. The lowest BCUT2D eigenvalue weighted by Gasteiger charge is -2.17. The first kappa shape index (κ1) is 20.7. The van der Waals surface area contributed by atoms with Crippen molar-refractivity contribution in [3.8, 4) is 28.4 Å². The van der Waals surface area contributed by atoms with Crippen molar-refractivity contribution in [3.63, 3.8) is 0 Å². The molecule has 0 radical (unpaired) electrons. The number of rotatable bonds is 4. The standard InChI is InChI=1S/C23H17FN4O4/c1-27(23(32)17-7-4-5-10-25-17)22(31)15-12-14(20(29)13-21(15)30)18-9-11-26-28(18)19-8-3-2-6-16(19)24/h2-13,29-30H,1H3. The number of benzene rings is 2. The Morgan fingerprint density at radius 3 is 2.41 bits per heavy atom. The van der Waals surface area contributed by atoms with Crippen molar-refractivity contribution in [2.45, 2.75) is 0 Å². The number of hydrogen-bond donors (Lipinski definition) is 2. The smallest absolute Gasteiger partial charge is 0.279 e. The van der Waals surface area contributed by atoms with Gasteiger partial charge in [-0.25, -0.2) is 9.07 Å². The average molecular weight is 432 g/mol. The Labute approximate surface area is 181 Å². The zero-order chi connectivity index (χ0) is 22.8. The quantitative estimate of drug-likeness (QED) is 0.479. The van der Waals surface area contributed by atoms with Crippen LogP contribution in [0, 0.1) is 5.82 Å². The van der Waals surface area contributed by atoms with E-state index in [0.29, 0.717) is 0 Å². The third-order valence-electron chi connectivity index (χ3n) is 4.84. The van der Waals surface area contributed by atoms with Crippen LogP contribution in [0.4, 0.5) is 4.39 Å². The second-order valence-corrected chi connectivity index (χ2v) is 6.85. The minimum atomic E-state index is -0.809. The predicted molar refractivity (Wildman–Crippen MR) is 113 cm³/mol. The van der Waals surface area contributed by atoms with Crippen LogP contribution in [-0.2, 0) is 0 Å². The second kappa shape index (κ2) is 8.31. The molecule has 0 aliphatic carbocycles. The van der Waals surface area contributed by atoms with Crippen LogP contribution >= 0.6 is 0 Å². The zero-order valence-corrected chi connectivity index (χ0v) is 16.8. The monoisotopic (exact) mass is 432 g/mol. The Kier molecular flexibility index (Phi) is 5.38. The first-order valence-corrected chi connectivity index (χ1v) is 9.47. The highest BCUT2D eigenvalue weighted by molar-refractivity contribution is 6.11. The van der Waals surface area contributed by atoms with Crippen molar-refractivity contribution in [2.75, 3.05) is 7.05 Å². The normalized spacial score (nSPS) is 10.7. The first-order valence-electron chi connectivity index (χ1n) is 9.47. The van der Waals surface area contributed by atoms with Gasteiger partial charge in [-0.05, 0) is 36.4 Å². The summed E-state index contributed by atoms with van der Waals surface area (Å²) in [6.07, 6.45) is 2.83. The number of hydrogen-bond acceptors (Lipinski definition) is 6. The fourth-order valence-electron chi connectivity index (χ4n) is 3.21. The summed E-state index contributed by atoms with van der Waals surface area (Å²) in [6, 6.07) is 14.4. The van der Waals surface area contributed by atoms with Gasteiger partial charge in [-0.15, -0.1) is 0 Å². The summed E-state index contributed by atoms with van der Waals surface area (Å²) < 4.78 is 15.6. The number of halogens is 1. The topological polar surface area (TPSA) is 109 Å². The molecule has 2 heterocycles. The third kappa shape index (κ3) is 3.67. The fraction of sp³-hybridized carbons (Fsp3) is 0.0435. The second-order valence-electron chi connectivity index (χ2n) is 6.85. The summed E-state index contributed by atoms with van der Waals surface area (Å²) in [5.74, 6) is -2.88. The van der Waals surface area contributed by atoms with E-state index in [0.717, 1.165) is 11.0 Å². The SMILES string of the molecule is CN(C(=O)c1ccccn1)C(=O)c1cc(-c2ccnn2-c2ccccc2F)c(O)cc1O. The Bertz CT molecular complexity index is 1320. The molecule has 2 aromatic carbocycles. The van der Waals surface area contributed by atoms with E-state index in [2.05, 4.69) is 10.1 Å². The summed E-state index contributed by atoms with van der Waals surface area (Å²) in [7, 11) is 1.26. The molecule has 0 fully saturated rings. The summed E-state index contributed by atoms with van der Waals surface area (Å²) in [6.45, 7) is 0. The van der Waals surface area contributed by atoms with Gasteiger partial charge in [-0.1, -0.05) is 18.2 Å². The maximum atomic E-state index is 14.3. The number of amides is 2. The summed E-state index contributed by atoms with van der Waals surface area (Å²) in [4.78, 5) is 30.3. The molecule has 0 saturated heterocycles. The molecule has 0 saturated carbocycles. The van der Waals surface area contributed by atoms with E-state index in [4.69, 9.17) is 0 Å². The summed E-state index contributed by atoms with van der Waals surface area (Å²) in [5, 5.41) is 24.8. The summed E-state index contributed by atoms with van der Waals surface area (Å²) >= 11 is 0. The number of nitrogens with zero attached hydrogens (tertiary/aromatic N) is 4. The van der Waals surface area contributed by atoms with E-state index in [-0.39, 0.29) is 34.0 Å². The van der Waals surface area contributed by atoms with Crippen molar-refractivity contribution < 1.29 is 24.2 Å². The van der Waals surface area contributed by atoms with Crippen LogP contribution in [0.3, 0.4) is 0 Å². The van der Waals surface area contributed by atoms with E-state index in [1.54, 1.807) is 18.2 Å². The predicted octanol–water partition coefficient (Wildman–Crippen LogP) is 3.40. The molecule has 4 rings (SSSR count). The molecule has 2 aromatic heterocycles. The van der Waals surface area contributed by atoms with Gasteiger partial charge in [0.25, 0.3) is 11.8 Å². The lowest BCUT2D eigenvalue weighted by atomic mass is 10.0. The first-order chi connectivity index (χ1) is 15.4. The van der Waals surface area contributed by atoms with Gasteiger partial charge in [0.2, 0.25) is 0 Å². The molecule has 2 amide bonds. The Morgan fingerprint density at radius 2 is 1.69 bits per heavy atom. The van der Waals surface area contributed by atoms with Crippen molar-refractivity contribution in [3.05, 3.63) is 90.1 Å². The van der Waals surface area contributed by atoms with Crippen molar-refractivity contribution >= 4 is 11.8 Å². The lowest BCUT2D eigenvalue weighted by Crippen LogP contribution is -2.33. The minimum Gasteiger partial charge on any atom is -0.507 e. The molecule has 160 valence electrons. The maximum absolute atomic E-state index is 14.3. The molecule has 0 aliphatic heterocycles. The molecule has 2 N–H and O–H groups in total. The number of phenolic OH excluding ortho intramolecular Hbond substituents is 2. The van der Waals surface area contributed by atoms with Gasteiger partial charge in [0.15, 0.2) is 0 Å². The number of carbonyl (C=O) groups excluding carboxylic acids is 2. The largest absolute Gasteiger partial charge is 0.507 e. The van der Waals surface area contributed by atoms with E-state index in [1.165, 1.54) is 60.5 Å². The molecule has 0 aliphatic rings. The minimum absolute atomic E-state index is 0.0551. The Balaban J connectivity index is 1.76. The van der Waals surface area contributed by atoms with Crippen LogP contribution < -0.4 is 0 Å². The van der Waals surface area contributed by atoms with Crippen LogP contribution in [0.5, 0.6) is 11.5 Å². The lowest BCUT2D eigenvalue weighted by molar-refractivity contribution is 0.0651. The fourth-order valence-corrected chi connectivity index (χ4v) is 3.21. The Hall–Kier alpha value is -4.53. The van der Waals surface area contributed by atoms with Gasteiger partial charge in [-0.3, -0.25) is 19.5 Å². The highest BCUT2D eigenvalue weighted by Gasteiger charge is 2.26. The van der Waals surface area contributed by atoms with Gasteiger partial charge in [-0.2, -0.15) is 5.10 Å². The molecule has 9 heteroatoms. The third-order valence-corrected chi connectivity index (χ3v) is 4.84. The number of para-hydroxylation sites is 1. The van der Waals surface area contributed by atoms with E-state index >= 15 is 0 Å². The van der Waals surface area contributed by atoms with Crippen LogP contribution in [0.15, 0.2) is 73.1 Å². The van der Waals surface area contributed by atoms with Crippen LogP contribution in [0.25, 0.3) is 16.9 Å². The molecule has 4 aromatic rings. The highest BCUT2D eigenvalue weighted by atomic mass is 19.1. The zero-order valence-electron chi connectivity index (χ0n) is 16.8. The number of carbonyl (C=O) groups is 2. The molecule has 0 bridgehead atoms. The van der Waals surface area contributed by atoms with E-state index in [9.17, 15) is 24.2 Å². The highest BCUT2D eigenvalue weighted by Crippen LogP contribution is 2.36. The number of pyridine rings is 1.